The van der Waals surface area contributed by atoms with E-state index in [1.165, 1.54) is 0 Å². The molecule has 1 saturated heterocycles. The fourth-order valence-corrected chi connectivity index (χ4v) is 5.38. The van der Waals surface area contributed by atoms with Crippen LogP contribution in [0.4, 0.5) is 5.69 Å². The van der Waals surface area contributed by atoms with Gasteiger partial charge in [-0.1, -0.05) is 49.4 Å². The molecule has 1 aliphatic heterocycles. The number of hydrogen-bond donors (Lipinski definition) is 3. The van der Waals surface area contributed by atoms with Gasteiger partial charge in [-0.05, 0) is 41.7 Å². The molecule has 7 heteroatoms. The van der Waals surface area contributed by atoms with Gasteiger partial charge in [-0.15, -0.1) is 0 Å². The summed E-state index contributed by atoms with van der Waals surface area (Å²) in [6.07, 6.45) is 5.03. The van der Waals surface area contributed by atoms with E-state index < -0.39 is 23.8 Å². The molecule has 33 heavy (non-hydrogen) atoms. The van der Waals surface area contributed by atoms with Gasteiger partial charge in [0, 0.05) is 31.8 Å². The molecule has 3 N–H and O–H groups in total. The first-order valence-corrected chi connectivity index (χ1v) is 11.6. The van der Waals surface area contributed by atoms with Gasteiger partial charge >= 0.3 is 0 Å². The van der Waals surface area contributed by atoms with Crippen LogP contribution in [-0.2, 0) is 14.4 Å². The molecule has 3 amide bonds. The number of carbonyl (C=O) groups is 3. The van der Waals surface area contributed by atoms with Crippen LogP contribution >= 0.6 is 0 Å². The van der Waals surface area contributed by atoms with Crippen LogP contribution in [0, 0.1) is 23.7 Å². The zero-order valence-electron chi connectivity index (χ0n) is 19.0. The smallest absolute Gasteiger partial charge is 0.247 e. The molecule has 174 valence electrons. The zero-order valence-corrected chi connectivity index (χ0v) is 19.0. The first kappa shape index (κ1) is 23.0. The van der Waals surface area contributed by atoms with Crippen LogP contribution in [-0.4, -0.2) is 54.0 Å². The number of allylic oxidation sites excluding steroid dienone is 1. The number of nitrogens with one attached hydrogen (secondary N) is 2. The minimum absolute atomic E-state index is 0.0582. The fraction of sp³-hybridized carbons (Fsp3) is 0.423. The van der Waals surface area contributed by atoms with Gasteiger partial charge in [0.1, 0.15) is 6.04 Å². The molecule has 2 aromatic rings. The van der Waals surface area contributed by atoms with Crippen LogP contribution in [0.1, 0.15) is 19.8 Å². The molecular formula is C26H31N3O4. The second-order valence-electron chi connectivity index (χ2n) is 8.80. The largest absolute Gasteiger partial charge is 0.396 e. The molecule has 7 nitrogen and oxygen atoms in total. The third-order valence-corrected chi connectivity index (χ3v) is 6.98. The molecule has 1 aliphatic carbocycles. The summed E-state index contributed by atoms with van der Waals surface area (Å²) in [5.74, 6) is -2.21. The van der Waals surface area contributed by atoms with Crippen molar-refractivity contribution in [2.24, 2.45) is 23.7 Å². The molecule has 0 radical (unpaired) electrons. The minimum Gasteiger partial charge on any atom is -0.396 e. The summed E-state index contributed by atoms with van der Waals surface area (Å²) in [7, 11) is 1.58. The van der Waals surface area contributed by atoms with Crippen molar-refractivity contribution in [3.05, 3.63) is 54.6 Å². The Hall–Kier alpha value is -3.19. The van der Waals surface area contributed by atoms with E-state index in [4.69, 9.17) is 0 Å². The lowest BCUT2D eigenvalue weighted by atomic mass is 9.69. The van der Waals surface area contributed by atoms with Gasteiger partial charge in [-0.2, -0.15) is 0 Å². The first-order chi connectivity index (χ1) is 16.0. The van der Waals surface area contributed by atoms with Gasteiger partial charge in [0.05, 0.1) is 11.8 Å². The summed E-state index contributed by atoms with van der Waals surface area (Å²) >= 11 is 0. The predicted molar refractivity (Wildman–Crippen MR) is 127 cm³/mol. The topological polar surface area (TPSA) is 98.7 Å². The summed E-state index contributed by atoms with van der Waals surface area (Å²) in [4.78, 5) is 41.4. The maximum Gasteiger partial charge on any atom is 0.247 e. The lowest BCUT2D eigenvalue weighted by molar-refractivity contribution is -0.140. The SMILES string of the molecule is CC[C@@H]1C=C[C@H]2[C@H](C(=O)N(CCCO)[C@@H]2C(=O)Nc2ccc3ccccc3c2)[C@@H]1C(=O)NC. The maximum absolute atomic E-state index is 13.5. The Kier molecular flexibility index (Phi) is 6.79. The number of carbonyl (C=O) groups excluding carboxylic acids is 3. The second kappa shape index (κ2) is 9.75. The summed E-state index contributed by atoms with van der Waals surface area (Å²) < 4.78 is 0. The van der Waals surface area contributed by atoms with Crippen LogP contribution in [0.3, 0.4) is 0 Å². The summed E-state index contributed by atoms with van der Waals surface area (Å²) in [6.45, 7) is 2.19. The normalized spacial score (nSPS) is 26.3. The van der Waals surface area contributed by atoms with Gasteiger partial charge in [0.15, 0.2) is 0 Å². The third-order valence-electron chi connectivity index (χ3n) is 6.98. The number of hydrogen-bond acceptors (Lipinski definition) is 4. The Morgan fingerprint density at radius 2 is 1.82 bits per heavy atom. The predicted octanol–water partition coefficient (Wildman–Crippen LogP) is 2.56. The lowest BCUT2D eigenvalue weighted by Gasteiger charge is -2.33. The van der Waals surface area contributed by atoms with E-state index in [9.17, 15) is 19.5 Å². The Balaban J connectivity index is 1.67. The Bertz CT molecular complexity index is 1080. The molecule has 0 unspecified atom stereocenters. The van der Waals surface area contributed by atoms with E-state index in [0.29, 0.717) is 12.1 Å². The van der Waals surface area contributed by atoms with Gasteiger partial charge in [0.25, 0.3) is 0 Å². The first-order valence-electron chi connectivity index (χ1n) is 11.6. The molecule has 5 atom stereocenters. The highest BCUT2D eigenvalue weighted by atomic mass is 16.3. The van der Waals surface area contributed by atoms with Crippen molar-refractivity contribution >= 4 is 34.2 Å². The highest BCUT2D eigenvalue weighted by Gasteiger charge is 2.56. The molecule has 0 bridgehead atoms. The highest BCUT2D eigenvalue weighted by molar-refractivity contribution is 6.02. The number of fused-ring (bicyclic) bond motifs is 2. The zero-order chi connectivity index (χ0) is 23.5. The van der Waals surface area contributed by atoms with E-state index in [1.807, 2.05) is 61.5 Å². The van der Waals surface area contributed by atoms with Crippen molar-refractivity contribution in [3.63, 3.8) is 0 Å². The number of amides is 3. The lowest BCUT2D eigenvalue weighted by Crippen LogP contribution is -2.45. The van der Waals surface area contributed by atoms with E-state index in [2.05, 4.69) is 10.6 Å². The highest BCUT2D eigenvalue weighted by Crippen LogP contribution is 2.45. The van der Waals surface area contributed by atoms with Gasteiger partial charge < -0.3 is 20.6 Å². The number of rotatable bonds is 7. The number of benzene rings is 2. The minimum atomic E-state index is -0.735. The van der Waals surface area contributed by atoms with Gasteiger partial charge in [-0.25, -0.2) is 0 Å². The van der Waals surface area contributed by atoms with Crippen molar-refractivity contribution < 1.29 is 19.5 Å². The molecule has 1 fully saturated rings. The molecular weight excluding hydrogens is 418 g/mol. The van der Waals surface area contributed by atoms with Crippen LogP contribution in [0.15, 0.2) is 54.6 Å². The van der Waals surface area contributed by atoms with E-state index in [-0.39, 0.29) is 36.8 Å². The average Bonchev–Trinajstić information content (AvgIpc) is 3.12. The van der Waals surface area contributed by atoms with Gasteiger partial charge in [0.2, 0.25) is 17.7 Å². The quantitative estimate of drug-likeness (QED) is 0.566. The van der Waals surface area contributed by atoms with Crippen LogP contribution < -0.4 is 10.6 Å². The van der Waals surface area contributed by atoms with E-state index >= 15 is 0 Å². The molecule has 0 spiro atoms. The number of nitrogens with zero attached hydrogens (tertiary/aromatic N) is 1. The molecule has 2 aliphatic rings. The van der Waals surface area contributed by atoms with Crippen molar-refractivity contribution in [2.75, 3.05) is 25.5 Å². The second-order valence-corrected chi connectivity index (χ2v) is 8.80. The Labute approximate surface area is 193 Å². The monoisotopic (exact) mass is 449 g/mol. The number of anilines is 1. The number of aliphatic hydroxyl groups is 1. The third kappa shape index (κ3) is 4.25. The Morgan fingerprint density at radius 1 is 1.06 bits per heavy atom. The number of likely N-dealkylation sites (tertiary alicyclic amines) is 1. The summed E-state index contributed by atoms with van der Waals surface area (Å²) in [5.41, 5.74) is 0.658. The molecule has 0 aromatic heterocycles. The van der Waals surface area contributed by atoms with Gasteiger partial charge in [-0.3, -0.25) is 14.4 Å². The van der Waals surface area contributed by atoms with Crippen LogP contribution in [0.25, 0.3) is 10.8 Å². The number of aliphatic hydroxyl groups excluding tert-OH is 1. The van der Waals surface area contributed by atoms with Crippen LogP contribution in [0.5, 0.6) is 0 Å². The van der Waals surface area contributed by atoms with E-state index in [0.717, 1.165) is 17.2 Å². The van der Waals surface area contributed by atoms with Crippen molar-refractivity contribution in [1.82, 2.24) is 10.2 Å². The summed E-state index contributed by atoms with van der Waals surface area (Å²) in [6, 6.07) is 12.9. The van der Waals surface area contributed by atoms with Crippen molar-refractivity contribution in [2.45, 2.75) is 25.8 Å². The summed E-state index contributed by atoms with van der Waals surface area (Å²) in [5, 5.41) is 17.2. The van der Waals surface area contributed by atoms with Crippen LogP contribution in [0.2, 0.25) is 0 Å². The average molecular weight is 450 g/mol. The molecule has 0 saturated carbocycles. The van der Waals surface area contributed by atoms with E-state index in [1.54, 1.807) is 11.9 Å². The van der Waals surface area contributed by atoms with Crippen molar-refractivity contribution in [1.29, 1.82) is 0 Å². The molecule has 2 aromatic carbocycles. The molecule has 1 heterocycles. The fourth-order valence-electron chi connectivity index (χ4n) is 5.38. The standard InChI is InChI=1S/C26H31N3O4/c1-3-16-10-12-20-22(21(16)24(31)27-2)26(33)29(13-6-14-30)23(20)25(32)28-19-11-9-17-7-4-5-8-18(17)15-19/h4-5,7-12,15-16,20-23,30H,3,6,13-14H2,1-2H3,(H,27,31)(H,28,32)/t16-,20+,21-,22+,23+/m1/s1. The molecule has 4 rings (SSSR count). The Morgan fingerprint density at radius 3 is 2.52 bits per heavy atom. The maximum atomic E-state index is 13.5. The van der Waals surface area contributed by atoms with Crippen molar-refractivity contribution in [3.8, 4) is 0 Å².